The molecule has 0 rings (SSSR count). The number of hydrogen-bond acceptors (Lipinski definition) is 0. The maximum Gasteiger partial charge on any atom is 0 e. The molecule has 3 nitrogen and oxygen atoms in total. The molecule has 0 radical (unpaired) electrons. The minimum Gasteiger partial charge on any atom is -0.412 e. The van der Waals surface area contributed by atoms with Crippen molar-refractivity contribution in [2.45, 2.75) is 0 Å². The third-order valence-corrected chi connectivity index (χ3v) is 0. The van der Waals surface area contributed by atoms with Crippen LogP contribution in [-0.4, -0.2) is 16.4 Å². The first-order valence-electron chi connectivity index (χ1n) is 0. The van der Waals surface area contributed by atoms with E-state index in [-0.39, 0.29) is 49.9 Å². The van der Waals surface area contributed by atoms with E-state index in [9.17, 15) is 0 Å². The van der Waals surface area contributed by atoms with Gasteiger partial charge in [0.05, 0.1) is 0 Å². The van der Waals surface area contributed by atoms with E-state index in [0.717, 1.165) is 0 Å². The molecule has 0 aliphatic carbocycles. The predicted octanol–water partition coefficient (Wildman–Crippen LogP) is -1.90. The summed E-state index contributed by atoms with van der Waals surface area (Å²) in [6.07, 6.45) is 0. The molecule has 0 unspecified atom stereocenters. The smallest absolute Gasteiger partial charge is 0 e. The largest absolute Gasteiger partial charge is 0.412 e. The molecule has 6 N–H and O–H groups in total. The van der Waals surface area contributed by atoms with Gasteiger partial charge in [0, 0.05) is 16.5 Å². The average Bonchev–Trinajstić information content (AvgIpc) is 0. The Kier molecular flexibility index (Phi) is 3750. The van der Waals surface area contributed by atoms with E-state index < -0.39 is 0 Å². The summed E-state index contributed by atoms with van der Waals surface area (Å²) in [6.45, 7) is 0. The fourth-order valence-electron chi connectivity index (χ4n) is 0. The van der Waals surface area contributed by atoms with E-state index in [2.05, 4.69) is 0 Å². The van der Waals surface area contributed by atoms with Gasteiger partial charge >= 0.3 is 0 Å². The Bertz CT molecular complexity index is 6.85. The zero-order chi connectivity index (χ0) is 0. The molecule has 5 heteroatoms. The van der Waals surface area contributed by atoms with Gasteiger partial charge in [-0.1, -0.05) is 0 Å². The van der Waals surface area contributed by atoms with Crippen LogP contribution >= 0.6 is 17.0 Å². The molecule has 42 valence electrons. The SMILES string of the molecule is Br.O.O.O.[Ni]. The van der Waals surface area contributed by atoms with Crippen LogP contribution in [0.3, 0.4) is 0 Å². The monoisotopic (exact) mass is 192 g/mol. The van der Waals surface area contributed by atoms with E-state index >= 15 is 0 Å². The first-order valence-corrected chi connectivity index (χ1v) is 0. The number of halogens is 1. The van der Waals surface area contributed by atoms with Gasteiger partial charge in [-0.2, -0.15) is 0 Å². The zero-order valence-electron chi connectivity index (χ0n) is 2.22. The molecule has 0 atom stereocenters. The van der Waals surface area contributed by atoms with Crippen LogP contribution in [0.2, 0.25) is 0 Å². The van der Waals surface area contributed by atoms with Crippen molar-refractivity contribution in [3.63, 3.8) is 0 Å². The van der Waals surface area contributed by atoms with Crippen molar-refractivity contribution < 1.29 is 32.9 Å². The summed E-state index contributed by atoms with van der Waals surface area (Å²) in [4.78, 5) is 0. The van der Waals surface area contributed by atoms with Gasteiger partial charge in [-0.15, -0.1) is 17.0 Å². The molecular weight excluding hydrogens is 187 g/mol. The predicted molar refractivity (Wildman–Crippen MR) is 21.2 cm³/mol. The fourth-order valence-corrected chi connectivity index (χ4v) is 0. The molecule has 0 aromatic heterocycles. The first-order chi connectivity index (χ1) is 0. The molecule has 0 heterocycles. The van der Waals surface area contributed by atoms with Gasteiger partial charge in [-0.3, -0.25) is 0 Å². The third kappa shape index (κ3) is 54.2. The molecule has 0 aromatic carbocycles. The number of rotatable bonds is 0. The van der Waals surface area contributed by atoms with Gasteiger partial charge in [0.25, 0.3) is 0 Å². The zero-order valence-corrected chi connectivity index (χ0v) is 4.93. The standard InChI is InChI=1S/BrH.Ni.3H2O/h1H;;3*1H2. The fraction of sp³-hybridized carbons (Fsp3) is 0. The van der Waals surface area contributed by atoms with Crippen LogP contribution in [0, 0.1) is 0 Å². The summed E-state index contributed by atoms with van der Waals surface area (Å²) >= 11 is 0. The Hall–Kier alpha value is 0.854. The molecule has 0 saturated carbocycles. The Balaban J connectivity index is 0. The van der Waals surface area contributed by atoms with Crippen molar-refractivity contribution >= 4 is 17.0 Å². The van der Waals surface area contributed by atoms with Gasteiger partial charge in [-0.05, 0) is 0 Å². The topological polar surface area (TPSA) is 94.5 Å². The molecule has 0 amide bonds. The quantitative estimate of drug-likeness (QED) is 0.402. The van der Waals surface area contributed by atoms with Crippen molar-refractivity contribution in [2.75, 3.05) is 0 Å². The van der Waals surface area contributed by atoms with E-state index in [0.29, 0.717) is 0 Å². The molecule has 0 aliphatic rings. The van der Waals surface area contributed by atoms with Gasteiger partial charge in [0.1, 0.15) is 0 Å². The second-order valence-corrected chi connectivity index (χ2v) is 0. The van der Waals surface area contributed by atoms with Gasteiger partial charge in [-0.25, -0.2) is 0 Å². The maximum atomic E-state index is 0. The summed E-state index contributed by atoms with van der Waals surface area (Å²) in [6, 6.07) is 0. The summed E-state index contributed by atoms with van der Waals surface area (Å²) in [5.74, 6) is 0. The summed E-state index contributed by atoms with van der Waals surface area (Å²) < 4.78 is 0. The van der Waals surface area contributed by atoms with E-state index in [4.69, 9.17) is 0 Å². The van der Waals surface area contributed by atoms with E-state index in [1.165, 1.54) is 0 Å². The van der Waals surface area contributed by atoms with Crippen molar-refractivity contribution in [3.8, 4) is 0 Å². The molecule has 0 saturated heterocycles. The summed E-state index contributed by atoms with van der Waals surface area (Å²) in [7, 11) is 0. The molecule has 0 aliphatic heterocycles. The van der Waals surface area contributed by atoms with Crippen LogP contribution in [-0.2, 0) is 16.5 Å². The van der Waals surface area contributed by atoms with Gasteiger partial charge < -0.3 is 16.4 Å². The second-order valence-electron chi connectivity index (χ2n) is 0. The van der Waals surface area contributed by atoms with Crippen molar-refractivity contribution in [1.82, 2.24) is 0 Å². The van der Waals surface area contributed by atoms with Crippen LogP contribution in [0.25, 0.3) is 0 Å². The van der Waals surface area contributed by atoms with Gasteiger partial charge in [0.15, 0.2) is 0 Å². The van der Waals surface area contributed by atoms with Gasteiger partial charge in [0.2, 0.25) is 0 Å². The second kappa shape index (κ2) is 98.9. The van der Waals surface area contributed by atoms with Crippen LogP contribution in [0.1, 0.15) is 0 Å². The summed E-state index contributed by atoms with van der Waals surface area (Å²) in [5, 5.41) is 0. The van der Waals surface area contributed by atoms with Crippen LogP contribution in [0.15, 0.2) is 0 Å². The van der Waals surface area contributed by atoms with Crippen LogP contribution < -0.4 is 0 Å². The normalized spacial score (nSPS) is 0. The van der Waals surface area contributed by atoms with Crippen molar-refractivity contribution in [1.29, 1.82) is 0 Å². The maximum absolute atomic E-state index is 0. The molecule has 0 aromatic rings. The first kappa shape index (κ1) is 189. The Labute approximate surface area is 50.4 Å². The van der Waals surface area contributed by atoms with Crippen LogP contribution in [0.5, 0.6) is 0 Å². The third-order valence-electron chi connectivity index (χ3n) is 0. The van der Waals surface area contributed by atoms with E-state index in [1.54, 1.807) is 0 Å². The Morgan fingerprint density at radius 1 is 0.600 bits per heavy atom. The molecular formula is H7BrNiO3. The van der Waals surface area contributed by atoms with Crippen molar-refractivity contribution in [2.24, 2.45) is 0 Å². The molecule has 0 fully saturated rings. The minimum absolute atomic E-state index is 0. The molecule has 0 spiro atoms. The molecule has 0 bridgehead atoms. The van der Waals surface area contributed by atoms with Crippen LogP contribution in [0.4, 0.5) is 0 Å². The number of hydrogen-bond donors (Lipinski definition) is 0. The van der Waals surface area contributed by atoms with Crippen molar-refractivity contribution in [3.05, 3.63) is 0 Å². The summed E-state index contributed by atoms with van der Waals surface area (Å²) in [5.41, 5.74) is 0. The minimum atomic E-state index is 0. The Morgan fingerprint density at radius 3 is 0.600 bits per heavy atom. The molecule has 5 heavy (non-hydrogen) atoms. The average molecular weight is 194 g/mol. The Morgan fingerprint density at radius 2 is 0.600 bits per heavy atom. The van der Waals surface area contributed by atoms with E-state index in [1.807, 2.05) is 0 Å².